The van der Waals surface area contributed by atoms with Crippen molar-refractivity contribution in [2.75, 3.05) is 25.1 Å². The van der Waals surface area contributed by atoms with Crippen LogP contribution in [-0.4, -0.2) is 35.3 Å². The van der Waals surface area contributed by atoms with E-state index in [9.17, 15) is 8.78 Å². The van der Waals surface area contributed by atoms with Crippen LogP contribution in [0, 0.1) is 0 Å². The van der Waals surface area contributed by atoms with Crippen molar-refractivity contribution in [3.63, 3.8) is 0 Å². The van der Waals surface area contributed by atoms with Crippen LogP contribution in [0.3, 0.4) is 0 Å². The van der Waals surface area contributed by atoms with Gasteiger partial charge in [-0.25, -0.2) is 9.98 Å². The third-order valence-corrected chi connectivity index (χ3v) is 3.69. The number of ether oxygens (including phenoxy) is 2. The standard InChI is InChI=1S/C17H21F2N5O2/c1-2-20-17(22-11-15-21-6-7-24(15)16(18)19)23-12-4-5-13-14(10-12)26-9-3-8-25-13/h4-7,10,16H,2-3,8-9,11H2,1H3,(H2,20,22,23). The zero-order chi connectivity index (χ0) is 18.4. The predicted molar refractivity (Wildman–Crippen MR) is 94.0 cm³/mol. The fourth-order valence-electron chi connectivity index (χ4n) is 2.48. The van der Waals surface area contributed by atoms with Crippen molar-refractivity contribution in [2.24, 2.45) is 4.99 Å². The van der Waals surface area contributed by atoms with Gasteiger partial charge in [0, 0.05) is 37.1 Å². The third-order valence-electron chi connectivity index (χ3n) is 3.69. The maximum atomic E-state index is 12.9. The van der Waals surface area contributed by atoms with E-state index in [1.165, 1.54) is 12.4 Å². The summed E-state index contributed by atoms with van der Waals surface area (Å²) in [6, 6.07) is 5.50. The molecule has 0 radical (unpaired) electrons. The first kappa shape index (κ1) is 18.0. The second-order valence-corrected chi connectivity index (χ2v) is 5.56. The Morgan fingerprint density at radius 3 is 2.88 bits per heavy atom. The molecule has 0 spiro atoms. The van der Waals surface area contributed by atoms with Gasteiger partial charge in [0.2, 0.25) is 0 Å². The molecular formula is C17H21F2N5O2. The van der Waals surface area contributed by atoms with Gasteiger partial charge >= 0.3 is 6.55 Å². The quantitative estimate of drug-likeness (QED) is 0.629. The summed E-state index contributed by atoms with van der Waals surface area (Å²) < 4.78 is 37.9. The van der Waals surface area contributed by atoms with Crippen LogP contribution in [0.15, 0.2) is 35.6 Å². The predicted octanol–water partition coefficient (Wildman–Crippen LogP) is 3.02. The topological polar surface area (TPSA) is 72.7 Å². The Morgan fingerprint density at radius 1 is 1.31 bits per heavy atom. The molecule has 0 amide bonds. The van der Waals surface area contributed by atoms with Crippen LogP contribution in [0.1, 0.15) is 25.7 Å². The molecule has 0 atom stereocenters. The fourth-order valence-corrected chi connectivity index (χ4v) is 2.48. The normalized spacial score (nSPS) is 14.2. The molecule has 26 heavy (non-hydrogen) atoms. The van der Waals surface area contributed by atoms with Gasteiger partial charge in [-0.1, -0.05) is 0 Å². The van der Waals surface area contributed by atoms with Gasteiger partial charge < -0.3 is 20.1 Å². The van der Waals surface area contributed by atoms with Crippen LogP contribution < -0.4 is 20.1 Å². The number of fused-ring (bicyclic) bond motifs is 1. The summed E-state index contributed by atoms with van der Waals surface area (Å²) in [5.41, 5.74) is 0.756. The molecular weight excluding hydrogens is 344 g/mol. The number of aromatic nitrogens is 2. The Hall–Kier alpha value is -2.84. The number of alkyl halides is 2. The van der Waals surface area contributed by atoms with E-state index >= 15 is 0 Å². The second-order valence-electron chi connectivity index (χ2n) is 5.56. The van der Waals surface area contributed by atoms with Crippen molar-refractivity contribution in [1.82, 2.24) is 14.9 Å². The molecule has 2 N–H and O–H groups in total. The minimum Gasteiger partial charge on any atom is -0.490 e. The van der Waals surface area contributed by atoms with E-state index in [2.05, 4.69) is 20.6 Å². The van der Waals surface area contributed by atoms with Gasteiger partial charge in [0.05, 0.1) is 13.2 Å². The Labute approximate surface area is 150 Å². The molecule has 1 aliphatic heterocycles. The summed E-state index contributed by atoms with van der Waals surface area (Å²) in [6.07, 6.45) is 3.40. The zero-order valence-electron chi connectivity index (χ0n) is 14.4. The maximum Gasteiger partial charge on any atom is 0.319 e. The van der Waals surface area contributed by atoms with Crippen molar-refractivity contribution >= 4 is 11.6 Å². The second kappa shape index (κ2) is 8.50. The number of halogens is 2. The van der Waals surface area contributed by atoms with E-state index in [0.717, 1.165) is 16.7 Å². The maximum absolute atomic E-state index is 12.9. The lowest BCUT2D eigenvalue weighted by Crippen LogP contribution is -2.30. The smallest absolute Gasteiger partial charge is 0.319 e. The molecule has 3 rings (SSSR count). The summed E-state index contributed by atoms with van der Waals surface area (Å²) in [5, 5.41) is 6.22. The summed E-state index contributed by atoms with van der Waals surface area (Å²) in [7, 11) is 0. The highest BCUT2D eigenvalue weighted by atomic mass is 19.3. The molecule has 1 aromatic carbocycles. The van der Waals surface area contributed by atoms with E-state index in [0.29, 0.717) is 37.2 Å². The molecule has 2 aromatic rings. The van der Waals surface area contributed by atoms with Gasteiger partial charge in [-0.05, 0) is 19.1 Å². The lowest BCUT2D eigenvalue weighted by molar-refractivity contribution is 0.0671. The first-order valence-electron chi connectivity index (χ1n) is 8.42. The van der Waals surface area contributed by atoms with Crippen molar-refractivity contribution in [1.29, 1.82) is 0 Å². The molecule has 1 aromatic heterocycles. The van der Waals surface area contributed by atoms with Crippen molar-refractivity contribution in [2.45, 2.75) is 26.4 Å². The molecule has 0 saturated heterocycles. The van der Waals surface area contributed by atoms with Crippen molar-refractivity contribution in [3.8, 4) is 11.5 Å². The number of anilines is 1. The Morgan fingerprint density at radius 2 is 2.12 bits per heavy atom. The minimum absolute atomic E-state index is 0.0250. The lowest BCUT2D eigenvalue weighted by Gasteiger charge is -2.14. The number of hydrogen-bond acceptors (Lipinski definition) is 4. The van der Waals surface area contributed by atoms with Gasteiger partial charge in [-0.2, -0.15) is 8.78 Å². The first-order valence-corrected chi connectivity index (χ1v) is 8.42. The zero-order valence-corrected chi connectivity index (χ0v) is 14.4. The number of nitrogens with zero attached hydrogens (tertiary/aromatic N) is 3. The monoisotopic (exact) mass is 365 g/mol. The molecule has 0 saturated carbocycles. The van der Waals surface area contributed by atoms with Gasteiger partial charge in [-0.3, -0.25) is 4.57 Å². The number of guanidine groups is 1. The molecule has 2 heterocycles. The number of hydrogen-bond donors (Lipinski definition) is 2. The number of nitrogens with one attached hydrogen (secondary N) is 2. The molecule has 140 valence electrons. The Bertz CT molecular complexity index is 763. The molecule has 7 nitrogen and oxygen atoms in total. The van der Waals surface area contributed by atoms with Gasteiger partial charge in [0.1, 0.15) is 12.4 Å². The molecule has 0 fully saturated rings. The van der Waals surface area contributed by atoms with Crippen LogP contribution in [0.4, 0.5) is 14.5 Å². The average molecular weight is 365 g/mol. The van der Waals surface area contributed by atoms with Crippen LogP contribution in [-0.2, 0) is 6.54 Å². The van der Waals surface area contributed by atoms with E-state index < -0.39 is 6.55 Å². The number of aliphatic imine (C=N–C) groups is 1. The number of imidazole rings is 1. The van der Waals surface area contributed by atoms with E-state index in [1.807, 2.05) is 25.1 Å². The average Bonchev–Trinajstić information content (AvgIpc) is 2.98. The molecule has 9 heteroatoms. The molecule has 0 bridgehead atoms. The highest BCUT2D eigenvalue weighted by Gasteiger charge is 2.13. The van der Waals surface area contributed by atoms with E-state index in [4.69, 9.17) is 9.47 Å². The van der Waals surface area contributed by atoms with Crippen LogP contribution >= 0.6 is 0 Å². The summed E-state index contributed by atoms with van der Waals surface area (Å²) in [4.78, 5) is 8.26. The number of rotatable bonds is 5. The lowest BCUT2D eigenvalue weighted by atomic mass is 10.3. The highest BCUT2D eigenvalue weighted by Crippen LogP contribution is 2.32. The van der Waals surface area contributed by atoms with Crippen molar-refractivity contribution < 1.29 is 18.3 Å². The van der Waals surface area contributed by atoms with E-state index in [1.54, 1.807) is 0 Å². The molecule has 0 aliphatic carbocycles. The minimum atomic E-state index is -2.64. The largest absolute Gasteiger partial charge is 0.490 e. The van der Waals surface area contributed by atoms with Gasteiger partial charge in [0.15, 0.2) is 17.5 Å². The fraction of sp³-hybridized carbons (Fsp3) is 0.412. The summed E-state index contributed by atoms with van der Waals surface area (Å²) in [6.45, 7) is 1.16. The Kier molecular flexibility index (Phi) is 5.88. The third kappa shape index (κ3) is 4.41. The van der Waals surface area contributed by atoms with Gasteiger partial charge in [0.25, 0.3) is 0 Å². The highest BCUT2D eigenvalue weighted by molar-refractivity contribution is 5.93. The van der Waals surface area contributed by atoms with Gasteiger partial charge in [-0.15, -0.1) is 0 Å². The van der Waals surface area contributed by atoms with Crippen LogP contribution in [0.25, 0.3) is 0 Å². The Balaban J connectivity index is 1.74. The summed E-state index contributed by atoms with van der Waals surface area (Å²) in [5.74, 6) is 2.02. The molecule has 0 unspecified atom stereocenters. The van der Waals surface area contributed by atoms with Crippen molar-refractivity contribution in [3.05, 3.63) is 36.4 Å². The SMILES string of the molecule is CCNC(=NCc1nccn1C(F)F)Nc1ccc2c(c1)OCCCO2. The number of benzene rings is 1. The first-order chi connectivity index (χ1) is 12.7. The van der Waals surface area contributed by atoms with Crippen LogP contribution in [0.2, 0.25) is 0 Å². The summed E-state index contributed by atoms with van der Waals surface area (Å²) >= 11 is 0. The van der Waals surface area contributed by atoms with E-state index in [-0.39, 0.29) is 12.4 Å². The van der Waals surface area contributed by atoms with Crippen LogP contribution in [0.5, 0.6) is 11.5 Å². The molecule has 1 aliphatic rings.